The molecule has 0 fully saturated rings. The molecule has 1 amide bonds. The summed E-state index contributed by atoms with van der Waals surface area (Å²) in [4.78, 5) is 30.9. The van der Waals surface area contributed by atoms with E-state index in [4.69, 9.17) is 5.11 Å². The first-order valence-electron chi connectivity index (χ1n) is 10.6. The van der Waals surface area contributed by atoms with Crippen molar-refractivity contribution in [2.75, 3.05) is 19.7 Å². The number of aliphatic hydroxyl groups excluding tert-OH is 1. The van der Waals surface area contributed by atoms with Crippen LogP contribution in [0.5, 0.6) is 0 Å². The largest absolute Gasteiger partial charge is 0.478 e. The fourth-order valence-electron chi connectivity index (χ4n) is 4.06. The van der Waals surface area contributed by atoms with Gasteiger partial charge < -0.3 is 20.1 Å². The average molecular weight is 434 g/mol. The predicted molar refractivity (Wildman–Crippen MR) is 118 cm³/mol. The molecule has 32 heavy (non-hydrogen) atoms. The molecule has 1 atom stereocenters. The van der Waals surface area contributed by atoms with Crippen molar-refractivity contribution in [2.24, 2.45) is 0 Å². The van der Waals surface area contributed by atoms with E-state index in [1.54, 1.807) is 24.4 Å². The third-order valence-electron chi connectivity index (χ3n) is 5.62. The van der Waals surface area contributed by atoms with Gasteiger partial charge in [-0.3, -0.25) is 9.69 Å². The minimum Gasteiger partial charge on any atom is -0.478 e. The van der Waals surface area contributed by atoms with Gasteiger partial charge in [0.2, 0.25) is 0 Å². The van der Waals surface area contributed by atoms with Crippen molar-refractivity contribution >= 4 is 11.9 Å². The molecular weight excluding hydrogens is 408 g/mol. The number of carboxylic acids is 1. The quantitative estimate of drug-likeness (QED) is 0.502. The number of rotatable bonds is 8. The zero-order valence-corrected chi connectivity index (χ0v) is 17.6. The molecule has 1 aliphatic rings. The van der Waals surface area contributed by atoms with Gasteiger partial charge in [-0.05, 0) is 29.7 Å². The maximum atomic E-state index is 12.8. The van der Waals surface area contributed by atoms with Crippen molar-refractivity contribution in [3.63, 3.8) is 0 Å². The van der Waals surface area contributed by atoms with E-state index in [0.717, 1.165) is 24.5 Å². The highest BCUT2D eigenvalue weighted by Gasteiger charge is 2.31. The molecule has 0 bridgehead atoms. The van der Waals surface area contributed by atoms with Gasteiger partial charge in [-0.1, -0.05) is 42.5 Å². The Labute approximate surface area is 186 Å². The van der Waals surface area contributed by atoms with Gasteiger partial charge in [0, 0.05) is 39.0 Å². The topological polar surface area (TPSA) is 108 Å². The van der Waals surface area contributed by atoms with Crippen molar-refractivity contribution < 1.29 is 19.8 Å². The van der Waals surface area contributed by atoms with E-state index in [0.29, 0.717) is 24.2 Å². The number of hydrogen-bond donors (Lipinski definition) is 3. The average Bonchev–Trinajstić information content (AvgIpc) is 3.26. The van der Waals surface area contributed by atoms with E-state index in [-0.39, 0.29) is 30.7 Å². The van der Waals surface area contributed by atoms with Gasteiger partial charge in [-0.25, -0.2) is 9.78 Å². The van der Waals surface area contributed by atoms with Crippen LogP contribution in [0, 0.1) is 0 Å². The first-order valence-corrected chi connectivity index (χ1v) is 10.6. The molecule has 8 heteroatoms. The Morgan fingerprint density at radius 3 is 2.66 bits per heavy atom. The molecule has 3 N–H and O–H groups in total. The van der Waals surface area contributed by atoms with Gasteiger partial charge in [0.05, 0.1) is 11.6 Å². The molecular formula is C24H26N4O4. The molecule has 166 valence electrons. The van der Waals surface area contributed by atoms with E-state index in [2.05, 4.69) is 27.3 Å². The van der Waals surface area contributed by atoms with Crippen LogP contribution in [0.15, 0.2) is 60.8 Å². The number of nitrogens with zero attached hydrogens (tertiary/aromatic N) is 3. The lowest BCUT2D eigenvalue weighted by Gasteiger charge is -2.36. The summed E-state index contributed by atoms with van der Waals surface area (Å²) in [6, 6.07) is 16.4. The van der Waals surface area contributed by atoms with Crippen molar-refractivity contribution in [3.8, 4) is 0 Å². The zero-order valence-electron chi connectivity index (χ0n) is 17.6. The summed E-state index contributed by atoms with van der Waals surface area (Å²) < 4.78 is 2.02. The fourth-order valence-corrected chi connectivity index (χ4v) is 4.06. The maximum Gasteiger partial charge on any atom is 0.335 e. The number of carboxylic acid groups (broad SMARTS) is 1. The lowest BCUT2D eigenvalue weighted by molar-refractivity contribution is 0.0696. The summed E-state index contributed by atoms with van der Waals surface area (Å²) in [6.07, 6.45) is 2.45. The smallest absolute Gasteiger partial charge is 0.335 e. The van der Waals surface area contributed by atoms with Gasteiger partial charge in [0.25, 0.3) is 5.91 Å². The number of fused-ring (bicyclic) bond motifs is 1. The molecule has 2 heterocycles. The van der Waals surface area contributed by atoms with Crippen molar-refractivity contribution in [1.29, 1.82) is 0 Å². The second kappa shape index (κ2) is 9.76. The third kappa shape index (κ3) is 4.71. The van der Waals surface area contributed by atoms with E-state index in [1.807, 2.05) is 22.8 Å². The summed E-state index contributed by atoms with van der Waals surface area (Å²) in [5, 5.41) is 21.3. The van der Waals surface area contributed by atoms with Gasteiger partial charge in [0.1, 0.15) is 11.5 Å². The summed E-state index contributed by atoms with van der Waals surface area (Å²) in [5.41, 5.74) is 2.32. The van der Waals surface area contributed by atoms with Crippen molar-refractivity contribution in [3.05, 3.63) is 89.0 Å². The van der Waals surface area contributed by atoms with E-state index >= 15 is 0 Å². The van der Waals surface area contributed by atoms with Crippen LogP contribution in [0.25, 0.3) is 0 Å². The van der Waals surface area contributed by atoms with Crippen LogP contribution in [-0.2, 0) is 13.1 Å². The van der Waals surface area contributed by atoms with Crippen LogP contribution in [0.1, 0.15) is 50.3 Å². The standard InChI is InChI=1S/C24H26N4O4/c29-13-5-10-27-11-12-28-16-20(26-22(28)21(27)18-7-2-1-3-8-18)23(30)25-15-17-6-4-9-19(14-17)24(31)32/h1-4,6-9,14,16,21,29H,5,10-13,15H2,(H,25,30)(H,31,32). The van der Waals surface area contributed by atoms with Crippen LogP contribution in [0.4, 0.5) is 0 Å². The number of amides is 1. The molecule has 0 saturated heterocycles. The zero-order chi connectivity index (χ0) is 22.5. The van der Waals surface area contributed by atoms with Crippen molar-refractivity contribution in [1.82, 2.24) is 19.8 Å². The van der Waals surface area contributed by atoms with Crippen LogP contribution in [0.3, 0.4) is 0 Å². The Morgan fingerprint density at radius 2 is 1.91 bits per heavy atom. The van der Waals surface area contributed by atoms with E-state index in [9.17, 15) is 14.7 Å². The maximum absolute atomic E-state index is 12.8. The van der Waals surface area contributed by atoms with Crippen LogP contribution in [-0.4, -0.2) is 56.2 Å². The molecule has 0 spiro atoms. The van der Waals surface area contributed by atoms with Crippen molar-refractivity contribution in [2.45, 2.75) is 25.6 Å². The van der Waals surface area contributed by atoms with Gasteiger partial charge in [-0.15, -0.1) is 0 Å². The summed E-state index contributed by atoms with van der Waals surface area (Å²) >= 11 is 0. The van der Waals surface area contributed by atoms with Gasteiger partial charge >= 0.3 is 5.97 Å². The lowest BCUT2D eigenvalue weighted by Crippen LogP contribution is -2.39. The molecule has 0 saturated carbocycles. The summed E-state index contributed by atoms with van der Waals surface area (Å²) in [5.74, 6) is -0.502. The number of imidazole rings is 1. The molecule has 8 nitrogen and oxygen atoms in total. The number of aromatic carboxylic acids is 1. The van der Waals surface area contributed by atoms with Gasteiger partial charge in [0.15, 0.2) is 0 Å². The van der Waals surface area contributed by atoms with Gasteiger partial charge in [-0.2, -0.15) is 0 Å². The number of carbonyl (C=O) groups excluding carboxylic acids is 1. The monoisotopic (exact) mass is 434 g/mol. The first-order chi connectivity index (χ1) is 15.6. The highest BCUT2D eigenvalue weighted by Crippen LogP contribution is 2.31. The molecule has 1 unspecified atom stereocenters. The molecule has 4 rings (SSSR count). The Morgan fingerprint density at radius 1 is 1.09 bits per heavy atom. The Balaban J connectivity index is 1.54. The summed E-state index contributed by atoms with van der Waals surface area (Å²) in [7, 11) is 0. The van der Waals surface area contributed by atoms with E-state index in [1.165, 1.54) is 6.07 Å². The molecule has 3 aromatic rings. The lowest BCUT2D eigenvalue weighted by atomic mass is 10.0. The molecule has 2 aromatic carbocycles. The van der Waals surface area contributed by atoms with Crippen LogP contribution >= 0.6 is 0 Å². The highest BCUT2D eigenvalue weighted by molar-refractivity contribution is 5.92. The minimum absolute atomic E-state index is 0.0923. The molecule has 0 radical (unpaired) electrons. The summed E-state index contributed by atoms with van der Waals surface area (Å²) in [6.45, 7) is 2.59. The predicted octanol–water partition coefficient (Wildman–Crippen LogP) is 2.30. The molecule has 1 aromatic heterocycles. The van der Waals surface area contributed by atoms with Crippen LogP contribution in [0.2, 0.25) is 0 Å². The first kappa shape index (κ1) is 21.7. The SMILES string of the molecule is O=C(O)c1cccc(CNC(=O)c2cn3c(n2)C(c2ccccc2)N(CCCO)CC3)c1. The number of nitrogens with one attached hydrogen (secondary N) is 1. The number of hydrogen-bond acceptors (Lipinski definition) is 5. The Hall–Kier alpha value is -3.49. The number of aromatic nitrogens is 2. The Kier molecular flexibility index (Phi) is 6.63. The second-order valence-corrected chi connectivity index (χ2v) is 7.79. The van der Waals surface area contributed by atoms with E-state index < -0.39 is 5.97 Å². The Bertz CT molecular complexity index is 1100. The fraction of sp³-hybridized carbons (Fsp3) is 0.292. The highest BCUT2D eigenvalue weighted by atomic mass is 16.4. The number of carbonyl (C=O) groups is 2. The molecule has 1 aliphatic heterocycles. The third-order valence-corrected chi connectivity index (χ3v) is 5.62. The molecule has 0 aliphatic carbocycles. The normalized spacial score (nSPS) is 15.8. The number of benzene rings is 2. The van der Waals surface area contributed by atoms with Crippen LogP contribution < -0.4 is 5.32 Å². The second-order valence-electron chi connectivity index (χ2n) is 7.79. The number of aliphatic hydroxyl groups is 1. The minimum atomic E-state index is -1.00.